The number of hydrogen-bond donors (Lipinski definition) is 0. The van der Waals surface area contributed by atoms with Crippen LogP contribution in [-0.4, -0.2) is 12.1 Å². The van der Waals surface area contributed by atoms with Crippen molar-refractivity contribution in [3.63, 3.8) is 0 Å². The van der Waals surface area contributed by atoms with Crippen molar-refractivity contribution < 1.29 is 9.47 Å². The van der Waals surface area contributed by atoms with Crippen molar-refractivity contribution in [1.82, 2.24) is 4.98 Å². The Labute approximate surface area is 105 Å². The highest BCUT2D eigenvalue weighted by Crippen LogP contribution is 2.16. The molecule has 0 bridgehead atoms. The Morgan fingerprint density at radius 1 is 1.24 bits per heavy atom. The van der Waals surface area contributed by atoms with E-state index in [2.05, 4.69) is 4.98 Å². The number of hydrogen-bond acceptors (Lipinski definition) is 3. The van der Waals surface area contributed by atoms with Crippen LogP contribution in [0.4, 0.5) is 0 Å². The molecule has 0 aliphatic rings. The molecule has 88 valence electrons. The van der Waals surface area contributed by atoms with Crippen molar-refractivity contribution in [2.24, 2.45) is 0 Å². The molecule has 3 nitrogen and oxygen atoms in total. The van der Waals surface area contributed by atoms with Crippen LogP contribution in [0.2, 0.25) is 5.02 Å². The Balaban J connectivity index is 1.99. The average molecular weight is 250 g/mol. The van der Waals surface area contributed by atoms with E-state index in [0.717, 1.165) is 11.3 Å². The van der Waals surface area contributed by atoms with Crippen molar-refractivity contribution in [3.8, 4) is 11.6 Å². The second-order valence-electron chi connectivity index (χ2n) is 3.45. The van der Waals surface area contributed by atoms with Crippen LogP contribution >= 0.6 is 11.6 Å². The van der Waals surface area contributed by atoms with Crippen molar-refractivity contribution in [3.05, 3.63) is 53.2 Å². The number of benzene rings is 1. The predicted octanol–water partition coefficient (Wildman–Crippen LogP) is 3.32. The lowest BCUT2D eigenvalue weighted by molar-refractivity contribution is 0.293. The van der Waals surface area contributed by atoms with Crippen LogP contribution in [0.15, 0.2) is 42.6 Å². The number of pyridine rings is 1. The Morgan fingerprint density at radius 2 is 2.12 bits per heavy atom. The zero-order chi connectivity index (χ0) is 12.1. The van der Waals surface area contributed by atoms with Gasteiger partial charge in [-0.1, -0.05) is 23.7 Å². The van der Waals surface area contributed by atoms with Gasteiger partial charge in [0.15, 0.2) is 0 Å². The summed E-state index contributed by atoms with van der Waals surface area (Å²) in [6.45, 7) is 0.450. The smallest absolute Gasteiger partial charge is 0.213 e. The van der Waals surface area contributed by atoms with Crippen LogP contribution in [-0.2, 0) is 6.61 Å². The molecular weight excluding hydrogens is 238 g/mol. The van der Waals surface area contributed by atoms with E-state index in [-0.39, 0.29) is 0 Å². The van der Waals surface area contributed by atoms with E-state index in [4.69, 9.17) is 21.1 Å². The first kappa shape index (κ1) is 11.7. The molecule has 0 unspecified atom stereocenters. The highest BCUT2D eigenvalue weighted by atomic mass is 35.5. The number of nitrogens with zero attached hydrogens (tertiary/aromatic N) is 1. The highest BCUT2D eigenvalue weighted by Gasteiger charge is 1.99. The molecule has 0 fully saturated rings. The number of methoxy groups -OCH3 is 1. The maximum absolute atomic E-state index is 5.73. The number of halogens is 1. The summed E-state index contributed by atoms with van der Waals surface area (Å²) in [6.07, 6.45) is 1.56. The minimum Gasteiger partial charge on any atom is -0.497 e. The molecule has 0 amide bonds. The third kappa shape index (κ3) is 3.36. The standard InChI is InChI=1S/C13H12ClNO2/c1-16-12-4-2-3-10(7-12)9-17-13-6-5-11(14)8-15-13/h2-8H,9H2,1H3. The lowest BCUT2D eigenvalue weighted by Gasteiger charge is -2.06. The van der Waals surface area contributed by atoms with Crippen LogP contribution in [0, 0.1) is 0 Å². The second kappa shape index (κ2) is 5.55. The molecule has 0 aliphatic carbocycles. The van der Waals surface area contributed by atoms with Gasteiger partial charge in [-0.15, -0.1) is 0 Å². The van der Waals surface area contributed by atoms with E-state index in [1.54, 1.807) is 25.4 Å². The molecule has 1 aromatic carbocycles. The lowest BCUT2D eigenvalue weighted by atomic mass is 10.2. The fourth-order valence-electron chi connectivity index (χ4n) is 1.37. The van der Waals surface area contributed by atoms with Crippen molar-refractivity contribution in [2.45, 2.75) is 6.61 Å². The number of aromatic nitrogens is 1. The Bertz CT molecular complexity index is 485. The van der Waals surface area contributed by atoms with Gasteiger partial charge in [0.05, 0.1) is 12.1 Å². The van der Waals surface area contributed by atoms with Crippen molar-refractivity contribution in [2.75, 3.05) is 7.11 Å². The SMILES string of the molecule is COc1cccc(COc2ccc(Cl)cn2)c1. The lowest BCUT2D eigenvalue weighted by Crippen LogP contribution is -1.97. The quantitative estimate of drug-likeness (QED) is 0.833. The fourth-order valence-corrected chi connectivity index (χ4v) is 1.48. The Morgan fingerprint density at radius 3 is 2.82 bits per heavy atom. The Kier molecular flexibility index (Phi) is 3.83. The number of rotatable bonds is 4. The Hall–Kier alpha value is -1.74. The molecular formula is C13H12ClNO2. The first-order valence-corrected chi connectivity index (χ1v) is 5.53. The van der Waals surface area contributed by atoms with Crippen LogP contribution in [0.1, 0.15) is 5.56 Å². The highest BCUT2D eigenvalue weighted by molar-refractivity contribution is 6.30. The van der Waals surface area contributed by atoms with Gasteiger partial charge in [-0.2, -0.15) is 0 Å². The summed E-state index contributed by atoms with van der Waals surface area (Å²) in [5.41, 5.74) is 1.03. The first-order valence-electron chi connectivity index (χ1n) is 5.15. The van der Waals surface area contributed by atoms with Gasteiger partial charge in [0.25, 0.3) is 0 Å². The van der Waals surface area contributed by atoms with Crippen LogP contribution in [0.3, 0.4) is 0 Å². The molecule has 0 N–H and O–H groups in total. The molecule has 1 heterocycles. The molecule has 0 aliphatic heterocycles. The molecule has 2 aromatic rings. The third-order valence-corrected chi connectivity index (χ3v) is 2.44. The summed E-state index contributed by atoms with van der Waals surface area (Å²) in [4.78, 5) is 4.05. The van der Waals surface area contributed by atoms with E-state index in [1.807, 2.05) is 24.3 Å². The molecule has 0 spiro atoms. The van der Waals surface area contributed by atoms with E-state index >= 15 is 0 Å². The van der Waals surface area contributed by atoms with Gasteiger partial charge in [-0.25, -0.2) is 4.98 Å². The van der Waals surface area contributed by atoms with E-state index in [9.17, 15) is 0 Å². The summed E-state index contributed by atoms with van der Waals surface area (Å²) >= 11 is 5.73. The van der Waals surface area contributed by atoms with Crippen LogP contribution in [0.5, 0.6) is 11.6 Å². The third-order valence-electron chi connectivity index (χ3n) is 2.22. The molecule has 0 atom stereocenters. The molecule has 2 rings (SSSR count). The molecule has 0 saturated carbocycles. The second-order valence-corrected chi connectivity index (χ2v) is 3.89. The molecule has 0 saturated heterocycles. The van der Waals surface area contributed by atoms with Gasteiger partial charge in [-0.3, -0.25) is 0 Å². The summed E-state index contributed by atoms with van der Waals surface area (Å²) < 4.78 is 10.7. The van der Waals surface area contributed by atoms with Gasteiger partial charge in [0.2, 0.25) is 5.88 Å². The van der Waals surface area contributed by atoms with Gasteiger partial charge in [-0.05, 0) is 23.8 Å². The molecule has 0 radical (unpaired) electrons. The zero-order valence-corrected chi connectivity index (χ0v) is 10.1. The number of ether oxygens (including phenoxy) is 2. The van der Waals surface area contributed by atoms with Gasteiger partial charge in [0.1, 0.15) is 12.4 Å². The van der Waals surface area contributed by atoms with E-state index in [0.29, 0.717) is 17.5 Å². The largest absolute Gasteiger partial charge is 0.497 e. The van der Waals surface area contributed by atoms with Gasteiger partial charge in [0, 0.05) is 12.3 Å². The van der Waals surface area contributed by atoms with Gasteiger partial charge >= 0.3 is 0 Å². The summed E-state index contributed by atoms with van der Waals surface area (Å²) in [7, 11) is 1.64. The van der Waals surface area contributed by atoms with Crippen LogP contribution in [0.25, 0.3) is 0 Å². The topological polar surface area (TPSA) is 31.4 Å². The zero-order valence-electron chi connectivity index (χ0n) is 9.39. The molecule has 4 heteroatoms. The maximum Gasteiger partial charge on any atom is 0.213 e. The summed E-state index contributed by atoms with van der Waals surface area (Å²) in [5.74, 6) is 1.37. The van der Waals surface area contributed by atoms with E-state index in [1.165, 1.54) is 0 Å². The summed E-state index contributed by atoms with van der Waals surface area (Å²) in [5, 5.41) is 0.596. The summed E-state index contributed by atoms with van der Waals surface area (Å²) in [6, 6.07) is 11.2. The fraction of sp³-hybridized carbons (Fsp3) is 0.154. The average Bonchev–Trinajstić information content (AvgIpc) is 2.38. The maximum atomic E-state index is 5.73. The molecule has 17 heavy (non-hydrogen) atoms. The monoisotopic (exact) mass is 249 g/mol. The van der Waals surface area contributed by atoms with E-state index < -0.39 is 0 Å². The van der Waals surface area contributed by atoms with Gasteiger partial charge < -0.3 is 9.47 Å². The minimum atomic E-state index is 0.450. The first-order chi connectivity index (χ1) is 8.28. The minimum absolute atomic E-state index is 0.450. The normalized spacial score (nSPS) is 10.0. The van der Waals surface area contributed by atoms with Crippen LogP contribution < -0.4 is 9.47 Å². The molecule has 1 aromatic heterocycles. The van der Waals surface area contributed by atoms with Crippen molar-refractivity contribution in [1.29, 1.82) is 0 Å². The van der Waals surface area contributed by atoms with Crippen molar-refractivity contribution >= 4 is 11.6 Å². The predicted molar refractivity (Wildman–Crippen MR) is 66.6 cm³/mol.